The van der Waals surface area contributed by atoms with Crippen LogP contribution in [0.1, 0.15) is 36.0 Å². The molecule has 2 bridgehead atoms. The summed E-state index contributed by atoms with van der Waals surface area (Å²) >= 11 is 1.55. The van der Waals surface area contributed by atoms with Gasteiger partial charge in [0.05, 0.1) is 29.6 Å². The number of hydrogen-bond donors (Lipinski definition) is 1. The maximum Gasteiger partial charge on any atom is 0.252 e. The summed E-state index contributed by atoms with van der Waals surface area (Å²) in [4.78, 5) is 33.8. The normalized spacial score (nSPS) is 25.0. The Morgan fingerprint density at radius 1 is 1.20 bits per heavy atom. The molecule has 7 nitrogen and oxygen atoms in total. The lowest BCUT2D eigenvalue weighted by molar-refractivity contribution is -0.129. The van der Waals surface area contributed by atoms with Crippen LogP contribution < -0.4 is 10.2 Å². The number of thioether (sulfide) groups is 1. The van der Waals surface area contributed by atoms with Gasteiger partial charge in [-0.25, -0.2) is 0 Å². The molecule has 3 fully saturated rings. The minimum Gasteiger partial charge on any atom is -0.366 e. The van der Waals surface area contributed by atoms with Crippen LogP contribution in [0.2, 0.25) is 0 Å². The van der Waals surface area contributed by atoms with Crippen molar-refractivity contribution in [2.45, 2.75) is 43.8 Å². The molecule has 3 aliphatic rings. The Balaban J connectivity index is 1.36. The van der Waals surface area contributed by atoms with Gasteiger partial charge in [-0.1, -0.05) is 0 Å². The molecule has 2 amide bonds. The van der Waals surface area contributed by atoms with Crippen LogP contribution in [0, 0.1) is 11.3 Å². The van der Waals surface area contributed by atoms with Gasteiger partial charge in [0.1, 0.15) is 6.04 Å². The van der Waals surface area contributed by atoms with E-state index < -0.39 is 6.04 Å². The van der Waals surface area contributed by atoms with Crippen molar-refractivity contribution in [3.63, 3.8) is 0 Å². The number of hydrogen-bond acceptors (Lipinski definition) is 6. The topological polar surface area (TPSA) is 89.3 Å². The smallest absolute Gasteiger partial charge is 0.252 e. The van der Waals surface area contributed by atoms with E-state index in [2.05, 4.69) is 33.4 Å². The molecule has 0 spiro atoms. The summed E-state index contributed by atoms with van der Waals surface area (Å²) in [5.74, 6) is 0.587. The number of nitriles is 1. The third-order valence-electron chi connectivity index (χ3n) is 6.47. The van der Waals surface area contributed by atoms with E-state index in [0.717, 1.165) is 16.6 Å². The molecule has 8 heteroatoms. The van der Waals surface area contributed by atoms with Crippen LogP contribution in [0.3, 0.4) is 0 Å². The van der Waals surface area contributed by atoms with Gasteiger partial charge in [-0.3, -0.25) is 14.6 Å². The highest BCUT2D eigenvalue weighted by Crippen LogP contribution is 2.41. The fraction of sp³-hybridized carbons (Fsp3) is 0.455. The van der Waals surface area contributed by atoms with Crippen LogP contribution >= 0.6 is 11.8 Å². The molecular formula is C22H23N5O2S. The molecule has 4 heterocycles. The van der Waals surface area contributed by atoms with Gasteiger partial charge in [0.15, 0.2) is 0 Å². The van der Waals surface area contributed by atoms with Gasteiger partial charge in [0, 0.05) is 35.1 Å². The second kappa shape index (κ2) is 7.80. The first-order valence-corrected chi connectivity index (χ1v) is 11.5. The molecule has 1 atom stereocenters. The number of nitrogens with one attached hydrogen (secondary N) is 1. The van der Waals surface area contributed by atoms with Crippen LogP contribution in [0.5, 0.6) is 0 Å². The van der Waals surface area contributed by atoms with E-state index in [-0.39, 0.29) is 18.4 Å². The van der Waals surface area contributed by atoms with Crippen LogP contribution in [0.4, 0.5) is 5.69 Å². The number of aromatic nitrogens is 1. The molecule has 3 saturated heterocycles. The number of benzene rings is 1. The van der Waals surface area contributed by atoms with Gasteiger partial charge < -0.3 is 15.1 Å². The average Bonchev–Trinajstić information content (AvgIpc) is 3.52. The Labute approximate surface area is 179 Å². The van der Waals surface area contributed by atoms with Gasteiger partial charge in [-0.2, -0.15) is 5.26 Å². The minimum absolute atomic E-state index is 0.114. The summed E-state index contributed by atoms with van der Waals surface area (Å²) in [5, 5.41) is 12.7. The minimum atomic E-state index is -0.417. The summed E-state index contributed by atoms with van der Waals surface area (Å²) < 4.78 is 0. The van der Waals surface area contributed by atoms with E-state index in [1.165, 1.54) is 30.6 Å². The van der Waals surface area contributed by atoms with Crippen molar-refractivity contribution in [1.82, 2.24) is 15.2 Å². The predicted octanol–water partition coefficient (Wildman–Crippen LogP) is 2.52. The van der Waals surface area contributed by atoms with Gasteiger partial charge in [-0.05, 0) is 49.9 Å². The lowest BCUT2D eigenvalue weighted by Gasteiger charge is -2.25. The number of nitrogens with zero attached hydrogens (tertiary/aromatic N) is 4. The standard InChI is InChI=1S/C22H23N5O2S/c23-10-17-12-30-13-26(17)21(28)11-25-22(29)18-7-8-24-20-6-5-16(9-19(18)20)27-14-1-2-15(27)4-3-14/h5-9,14-15,17H,1-4,11-13H2,(H,25,29)/t14?,15?,17-/m1/s1. The fourth-order valence-electron chi connectivity index (χ4n) is 4.98. The fourth-order valence-corrected chi connectivity index (χ4v) is 6.08. The van der Waals surface area contributed by atoms with Gasteiger partial charge in [0.25, 0.3) is 5.91 Å². The van der Waals surface area contributed by atoms with Crippen molar-refractivity contribution in [2.75, 3.05) is 23.1 Å². The summed E-state index contributed by atoms with van der Waals surface area (Å²) in [5.41, 5.74) is 2.44. The van der Waals surface area contributed by atoms with E-state index in [9.17, 15) is 9.59 Å². The Bertz CT molecular complexity index is 1030. The third kappa shape index (κ3) is 3.27. The van der Waals surface area contributed by atoms with E-state index in [0.29, 0.717) is 29.3 Å². The number of rotatable bonds is 4. The quantitative estimate of drug-likeness (QED) is 0.816. The van der Waals surface area contributed by atoms with E-state index in [4.69, 9.17) is 5.26 Å². The highest BCUT2D eigenvalue weighted by molar-refractivity contribution is 7.99. The molecule has 1 aromatic carbocycles. The molecule has 154 valence electrons. The van der Waals surface area contributed by atoms with Crippen molar-refractivity contribution in [3.8, 4) is 6.07 Å². The number of carbonyl (C=O) groups excluding carboxylic acids is 2. The first-order valence-electron chi connectivity index (χ1n) is 10.4. The highest BCUT2D eigenvalue weighted by atomic mass is 32.2. The van der Waals surface area contributed by atoms with Crippen molar-refractivity contribution >= 4 is 40.2 Å². The SMILES string of the molecule is N#C[C@@H]1CSCN1C(=O)CNC(=O)c1ccnc2ccc(N3C4CCC3CC4)cc12. The van der Waals surface area contributed by atoms with Crippen LogP contribution in [-0.2, 0) is 4.79 Å². The predicted molar refractivity (Wildman–Crippen MR) is 116 cm³/mol. The zero-order valence-electron chi connectivity index (χ0n) is 16.6. The lowest BCUT2D eigenvalue weighted by atomic mass is 10.0. The summed E-state index contributed by atoms with van der Waals surface area (Å²) in [6, 6.07) is 10.8. The Morgan fingerprint density at radius 2 is 1.97 bits per heavy atom. The Morgan fingerprint density at radius 3 is 2.70 bits per heavy atom. The summed E-state index contributed by atoms with van der Waals surface area (Å²) in [6.07, 6.45) is 6.59. The van der Waals surface area contributed by atoms with E-state index in [1.807, 2.05) is 6.07 Å². The molecule has 0 radical (unpaired) electrons. The molecule has 2 aromatic rings. The number of anilines is 1. The number of amides is 2. The van der Waals surface area contributed by atoms with E-state index in [1.54, 1.807) is 24.0 Å². The van der Waals surface area contributed by atoms with E-state index >= 15 is 0 Å². The second-order valence-electron chi connectivity index (χ2n) is 8.12. The molecule has 1 aromatic heterocycles. The number of fused-ring (bicyclic) bond motifs is 3. The van der Waals surface area contributed by atoms with Gasteiger partial charge in [0.2, 0.25) is 5.91 Å². The molecular weight excluding hydrogens is 398 g/mol. The maximum atomic E-state index is 12.9. The molecule has 5 rings (SSSR count). The second-order valence-corrected chi connectivity index (χ2v) is 9.12. The van der Waals surface area contributed by atoms with Crippen molar-refractivity contribution < 1.29 is 9.59 Å². The molecule has 0 saturated carbocycles. The molecule has 3 aliphatic heterocycles. The van der Waals surface area contributed by atoms with Crippen LogP contribution in [0.15, 0.2) is 30.5 Å². The zero-order valence-corrected chi connectivity index (χ0v) is 17.4. The molecule has 0 aliphatic carbocycles. The van der Waals surface area contributed by atoms with Gasteiger partial charge >= 0.3 is 0 Å². The van der Waals surface area contributed by atoms with Crippen molar-refractivity contribution in [1.29, 1.82) is 5.26 Å². The van der Waals surface area contributed by atoms with Crippen molar-refractivity contribution in [2.24, 2.45) is 0 Å². The molecule has 30 heavy (non-hydrogen) atoms. The number of carbonyl (C=O) groups is 2. The first kappa shape index (κ1) is 19.2. The van der Waals surface area contributed by atoms with Gasteiger partial charge in [-0.15, -0.1) is 11.8 Å². The van der Waals surface area contributed by atoms with Crippen molar-refractivity contribution in [3.05, 3.63) is 36.0 Å². The lowest BCUT2D eigenvalue weighted by Crippen LogP contribution is -2.42. The highest BCUT2D eigenvalue weighted by Gasteiger charge is 2.39. The first-order chi connectivity index (χ1) is 14.7. The van der Waals surface area contributed by atoms with Crippen LogP contribution in [-0.4, -0.2) is 58.0 Å². The summed E-state index contributed by atoms with van der Waals surface area (Å²) in [7, 11) is 0. The molecule has 0 unspecified atom stereocenters. The number of pyridine rings is 1. The Kier molecular flexibility index (Phi) is 4.99. The molecule has 1 N–H and O–H groups in total. The maximum absolute atomic E-state index is 12.9. The zero-order chi connectivity index (χ0) is 20.7. The summed E-state index contributed by atoms with van der Waals surface area (Å²) in [6.45, 7) is -0.114. The van der Waals surface area contributed by atoms with Crippen LogP contribution in [0.25, 0.3) is 10.9 Å². The monoisotopic (exact) mass is 421 g/mol. The third-order valence-corrected chi connectivity index (χ3v) is 7.48. The Hall–Kier alpha value is -2.79. The largest absolute Gasteiger partial charge is 0.366 e. The average molecular weight is 422 g/mol.